The molecule has 102 valence electrons. The standard InChI is InChI=1S/C17H18N2S/c1-12-10-15(11-14-6-4-3-5-7-14)20-17(12)16-8-9-18-13(2)19-16/h3-10,16H,11H2,1-2H3,(H,18,19). The third-order valence-corrected chi connectivity index (χ3v) is 4.71. The summed E-state index contributed by atoms with van der Waals surface area (Å²) in [5, 5.41) is 3.12. The van der Waals surface area contributed by atoms with Crippen molar-refractivity contribution in [2.45, 2.75) is 26.3 Å². The van der Waals surface area contributed by atoms with Crippen molar-refractivity contribution in [3.8, 4) is 0 Å². The van der Waals surface area contributed by atoms with Gasteiger partial charge in [-0.2, -0.15) is 0 Å². The van der Waals surface area contributed by atoms with Crippen molar-refractivity contribution in [1.82, 2.24) is 5.32 Å². The molecule has 0 spiro atoms. The summed E-state index contributed by atoms with van der Waals surface area (Å²) in [4.78, 5) is 7.42. The van der Waals surface area contributed by atoms with Crippen LogP contribution in [0.4, 0.5) is 0 Å². The minimum absolute atomic E-state index is 0.172. The molecule has 0 amide bonds. The second-order valence-electron chi connectivity index (χ2n) is 5.09. The number of nitrogens with one attached hydrogen (secondary N) is 1. The summed E-state index contributed by atoms with van der Waals surface area (Å²) in [7, 11) is 0. The summed E-state index contributed by atoms with van der Waals surface area (Å²) in [6.45, 7) is 4.19. The van der Waals surface area contributed by atoms with Gasteiger partial charge in [0.1, 0.15) is 6.04 Å². The second kappa shape index (κ2) is 5.63. The molecule has 1 aromatic carbocycles. The molecule has 2 aromatic rings. The Morgan fingerprint density at radius 2 is 2.00 bits per heavy atom. The SMILES string of the molecule is CC1=NC(c2sc(Cc3ccccc3)cc2C)C=CN1. The number of amidine groups is 1. The van der Waals surface area contributed by atoms with E-state index in [0.29, 0.717) is 0 Å². The van der Waals surface area contributed by atoms with Crippen molar-refractivity contribution in [3.05, 3.63) is 69.6 Å². The summed E-state index contributed by atoms with van der Waals surface area (Å²) in [5.41, 5.74) is 2.70. The number of hydrogen-bond donors (Lipinski definition) is 1. The Balaban J connectivity index is 1.84. The van der Waals surface area contributed by atoms with Gasteiger partial charge in [0.25, 0.3) is 0 Å². The lowest BCUT2D eigenvalue weighted by Crippen LogP contribution is -2.18. The maximum Gasteiger partial charge on any atom is 0.106 e. The van der Waals surface area contributed by atoms with Crippen LogP contribution in [0.3, 0.4) is 0 Å². The zero-order valence-corrected chi connectivity index (χ0v) is 12.6. The molecule has 0 saturated heterocycles. The second-order valence-corrected chi connectivity index (χ2v) is 6.25. The summed E-state index contributed by atoms with van der Waals surface area (Å²) in [6, 6.07) is 13.1. The van der Waals surface area contributed by atoms with Crippen molar-refractivity contribution in [2.24, 2.45) is 4.99 Å². The lowest BCUT2D eigenvalue weighted by molar-refractivity contribution is 0.881. The van der Waals surface area contributed by atoms with Crippen LogP contribution in [0.25, 0.3) is 0 Å². The number of aryl methyl sites for hydroxylation is 1. The van der Waals surface area contributed by atoms with E-state index >= 15 is 0 Å². The van der Waals surface area contributed by atoms with E-state index in [9.17, 15) is 0 Å². The molecule has 0 fully saturated rings. The fourth-order valence-electron chi connectivity index (χ4n) is 2.44. The lowest BCUT2D eigenvalue weighted by atomic mass is 10.1. The Labute approximate surface area is 123 Å². The van der Waals surface area contributed by atoms with Crippen molar-refractivity contribution < 1.29 is 0 Å². The fraction of sp³-hybridized carbons (Fsp3) is 0.235. The molecule has 20 heavy (non-hydrogen) atoms. The molecule has 0 aliphatic carbocycles. The highest BCUT2D eigenvalue weighted by Crippen LogP contribution is 2.33. The van der Waals surface area contributed by atoms with E-state index in [1.54, 1.807) is 0 Å². The van der Waals surface area contributed by atoms with Gasteiger partial charge in [0.2, 0.25) is 0 Å². The van der Waals surface area contributed by atoms with Crippen LogP contribution in [-0.2, 0) is 6.42 Å². The van der Waals surface area contributed by atoms with Crippen LogP contribution in [0.1, 0.15) is 33.8 Å². The van der Waals surface area contributed by atoms with E-state index in [2.05, 4.69) is 59.7 Å². The maximum absolute atomic E-state index is 4.66. The molecular weight excluding hydrogens is 264 g/mol. The van der Waals surface area contributed by atoms with Crippen LogP contribution in [-0.4, -0.2) is 5.84 Å². The normalized spacial score (nSPS) is 17.7. The number of thiophene rings is 1. The molecule has 0 saturated carbocycles. The van der Waals surface area contributed by atoms with E-state index < -0.39 is 0 Å². The van der Waals surface area contributed by atoms with Crippen LogP contribution in [0.15, 0.2) is 53.7 Å². The van der Waals surface area contributed by atoms with Gasteiger partial charge in [-0.15, -0.1) is 11.3 Å². The first-order valence-corrected chi connectivity index (χ1v) is 7.65. The molecule has 1 aliphatic heterocycles. The number of nitrogens with zero attached hydrogens (tertiary/aromatic N) is 1. The van der Waals surface area contributed by atoms with Crippen LogP contribution >= 0.6 is 11.3 Å². The highest BCUT2D eigenvalue weighted by atomic mass is 32.1. The summed E-state index contributed by atoms with van der Waals surface area (Å²) < 4.78 is 0. The number of rotatable bonds is 3. The first kappa shape index (κ1) is 13.1. The first-order valence-electron chi connectivity index (χ1n) is 6.83. The molecule has 0 bridgehead atoms. The Morgan fingerprint density at radius 1 is 1.20 bits per heavy atom. The average molecular weight is 282 g/mol. The van der Waals surface area contributed by atoms with E-state index in [0.717, 1.165) is 12.3 Å². The highest BCUT2D eigenvalue weighted by molar-refractivity contribution is 7.12. The lowest BCUT2D eigenvalue weighted by Gasteiger charge is -2.14. The molecule has 2 nitrogen and oxygen atoms in total. The zero-order valence-electron chi connectivity index (χ0n) is 11.8. The quantitative estimate of drug-likeness (QED) is 0.895. The fourth-order valence-corrected chi connectivity index (χ4v) is 3.67. The van der Waals surface area contributed by atoms with Gasteiger partial charge < -0.3 is 5.32 Å². The van der Waals surface area contributed by atoms with Gasteiger partial charge in [0.15, 0.2) is 0 Å². The average Bonchev–Trinajstić information content (AvgIpc) is 2.81. The third kappa shape index (κ3) is 2.83. The first-order chi connectivity index (χ1) is 9.72. The van der Waals surface area contributed by atoms with E-state index in [4.69, 9.17) is 0 Å². The molecule has 1 N–H and O–H groups in total. The van der Waals surface area contributed by atoms with Gasteiger partial charge >= 0.3 is 0 Å². The maximum atomic E-state index is 4.66. The molecule has 0 radical (unpaired) electrons. The third-order valence-electron chi connectivity index (χ3n) is 3.40. The summed E-state index contributed by atoms with van der Waals surface area (Å²) in [5.74, 6) is 0.981. The largest absolute Gasteiger partial charge is 0.351 e. The van der Waals surface area contributed by atoms with Crippen molar-refractivity contribution >= 4 is 17.2 Å². The monoisotopic (exact) mass is 282 g/mol. The van der Waals surface area contributed by atoms with Gasteiger partial charge in [-0.3, -0.25) is 4.99 Å². The molecule has 1 aliphatic rings. The summed E-state index contributed by atoms with van der Waals surface area (Å²) in [6.07, 6.45) is 5.12. The summed E-state index contributed by atoms with van der Waals surface area (Å²) >= 11 is 1.88. The van der Waals surface area contributed by atoms with Crippen molar-refractivity contribution in [1.29, 1.82) is 0 Å². The number of hydrogen-bond acceptors (Lipinski definition) is 3. The molecule has 3 rings (SSSR count). The van der Waals surface area contributed by atoms with Gasteiger partial charge in [-0.25, -0.2) is 0 Å². The smallest absolute Gasteiger partial charge is 0.106 e. The van der Waals surface area contributed by atoms with Crippen LogP contribution in [0, 0.1) is 6.92 Å². The van der Waals surface area contributed by atoms with Crippen LogP contribution in [0.2, 0.25) is 0 Å². The minimum atomic E-state index is 0.172. The highest BCUT2D eigenvalue weighted by Gasteiger charge is 2.16. The Hall–Kier alpha value is -1.87. The van der Waals surface area contributed by atoms with Crippen LogP contribution in [0.5, 0.6) is 0 Å². The van der Waals surface area contributed by atoms with Gasteiger partial charge in [0, 0.05) is 22.4 Å². The van der Waals surface area contributed by atoms with Crippen molar-refractivity contribution in [2.75, 3.05) is 0 Å². The minimum Gasteiger partial charge on any atom is -0.351 e. The Bertz CT molecular complexity index is 653. The van der Waals surface area contributed by atoms with Gasteiger partial charge in [0.05, 0.1) is 5.84 Å². The molecular formula is C17H18N2S. The van der Waals surface area contributed by atoms with Gasteiger partial charge in [-0.1, -0.05) is 30.3 Å². The van der Waals surface area contributed by atoms with Gasteiger partial charge in [-0.05, 0) is 37.1 Å². The predicted molar refractivity (Wildman–Crippen MR) is 86.4 cm³/mol. The van der Waals surface area contributed by atoms with E-state index in [-0.39, 0.29) is 6.04 Å². The predicted octanol–water partition coefficient (Wildman–Crippen LogP) is 4.22. The Morgan fingerprint density at radius 3 is 2.75 bits per heavy atom. The van der Waals surface area contributed by atoms with E-state index in [1.807, 2.05) is 24.5 Å². The number of benzene rings is 1. The topological polar surface area (TPSA) is 24.4 Å². The van der Waals surface area contributed by atoms with Crippen LogP contribution < -0.4 is 5.32 Å². The Kier molecular flexibility index (Phi) is 3.70. The van der Waals surface area contributed by atoms with E-state index in [1.165, 1.54) is 20.9 Å². The molecule has 1 unspecified atom stereocenters. The zero-order chi connectivity index (χ0) is 13.9. The molecule has 2 heterocycles. The number of aliphatic imine (C=N–C) groups is 1. The molecule has 1 aromatic heterocycles. The molecule has 3 heteroatoms. The van der Waals surface area contributed by atoms with Crippen molar-refractivity contribution in [3.63, 3.8) is 0 Å². The molecule has 1 atom stereocenters.